The van der Waals surface area contributed by atoms with Crippen molar-refractivity contribution < 1.29 is 18.4 Å². The van der Waals surface area contributed by atoms with Gasteiger partial charge in [0, 0.05) is 18.2 Å². The Morgan fingerprint density at radius 3 is 2.37 bits per heavy atom. The molecule has 4 nitrogen and oxygen atoms in total. The highest BCUT2D eigenvalue weighted by Gasteiger charge is 2.28. The Kier molecular flexibility index (Phi) is 7.55. The van der Waals surface area contributed by atoms with Crippen molar-refractivity contribution in [3.63, 3.8) is 0 Å². The maximum Gasteiger partial charge on any atom is 0.242 e. The molecular formula is C24H28F2N2O2. The minimum atomic E-state index is -0.750. The molecule has 0 heterocycles. The monoisotopic (exact) mass is 414 g/mol. The lowest BCUT2D eigenvalue weighted by Crippen LogP contribution is -2.50. The molecule has 0 radical (unpaired) electrons. The fourth-order valence-electron chi connectivity index (χ4n) is 3.84. The van der Waals surface area contributed by atoms with Crippen molar-refractivity contribution in [1.29, 1.82) is 0 Å². The number of rotatable bonds is 7. The Morgan fingerprint density at radius 1 is 1.03 bits per heavy atom. The van der Waals surface area contributed by atoms with E-state index in [1.54, 1.807) is 37.3 Å². The summed E-state index contributed by atoms with van der Waals surface area (Å²) in [5.41, 5.74) is 0.988. The van der Waals surface area contributed by atoms with Crippen molar-refractivity contribution in [2.75, 3.05) is 0 Å². The Hall–Kier alpha value is -2.76. The second kappa shape index (κ2) is 10.3. The molecule has 0 bridgehead atoms. The molecule has 0 saturated heterocycles. The van der Waals surface area contributed by atoms with E-state index in [1.165, 1.54) is 29.5 Å². The van der Waals surface area contributed by atoms with Gasteiger partial charge in [0.1, 0.15) is 17.7 Å². The second-order valence-corrected chi connectivity index (χ2v) is 7.94. The molecule has 2 aromatic rings. The average Bonchev–Trinajstić information content (AvgIpc) is 2.75. The van der Waals surface area contributed by atoms with Crippen molar-refractivity contribution in [3.8, 4) is 0 Å². The summed E-state index contributed by atoms with van der Waals surface area (Å²) in [6.07, 6.45) is 5.24. The van der Waals surface area contributed by atoms with E-state index in [2.05, 4.69) is 5.32 Å². The van der Waals surface area contributed by atoms with Gasteiger partial charge in [-0.2, -0.15) is 0 Å². The quantitative estimate of drug-likeness (QED) is 0.731. The minimum Gasteiger partial charge on any atom is -0.352 e. The second-order valence-electron chi connectivity index (χ2n) is 7.94. The van der Waals surface area contributed by atoms with Crippen LogP contribution in [0.25, 0.3) is 0 Å². The molecule has 1 aliphatic rings. The van der Waals surface area contributed by atoms with Crippen molar-refractivity contribution in [3.05, 3.63) is 71.3 Å². The van der Waals surface area contributed by atoms with Crippen LogP contribution < -0.4 is 5.32 Å². The fourth-order valence-corrected chi connectivity index (χ4v) is 3.84. The molecule has 1 saturated carbocycles. The standard InChI is InChI=1S/C24H28F2N2O2/c1-17(24(30)27-21-8-3-2-4-9-21)28(16-19-7-5-6-10-22(19)26)23(29)15-18-11-13-20(25)14-12-18/h5-7,10-14,17,21H,2-4,8-9,15-16H2,1H3,(H,27,30). The Bertz CT molecular complexity index is 864. The van der Waals surface area contributed by atoms with Gasteiger partial charge in [-0.1, -0.05) is 49.6 Å². The third-order valence-electron chi connectivity index (χ3n) is 5.69. The molecule has 160 valence electrons. The van der Waals surface area contributed by atoms with E-state index in [9.17, 15) is 18.4 Å². The summed E-state index contributed by atoms with van der Waals surface area (Å²) >= 11 is 0. The highest BCUT2D eigenvalue weighted by atomic mass is 19.1. The Balaban J connectivity index is 1.76. The highest BCUT2D eigenvalue weighted by molar-refractivity contribution is 5.88. The molecule has 6 heteroatoms. The van der Waals surface area contributed by atoms with Gasteiger partial charge in [-0.05, 0) is 43.5 Å². The summed E-state index contributed by atoms with van der Waals surface area (Å²) in [5, 5.41) is 3.05. The summed E-state index contributed by atoms with van der Waals surface area (Å²) in [6, 6.07) is 11.3. The molecule has 0 aliphatic heterocycles. The number of halogens is 2. The van der Waals surface area contributed by atoms with Crippen molar-refractivity contribution in [1.82, 2.24) is 10.2 Å². The van der Waals surface area contributed by atoms with Gasteiger partial charge >= 0.3 is 0 Å². The van der Waals surface area contributed by atoms with E-state index >= 15 is 0 Å². The van der Waals surface area contributed by atoms with Crippen LogP contribution in [-0.2, 0) is 22.6 Å². The zero-order valence-electron chi connectivity index (χ0n) is 17.2. The van der Waals surface area contributed by atoms with Crippen LogP contribution in [-0.4, -0.2) is 28.8 Å². The van der Waals surface area contributed by atoms with Crippen LogP contribution in [0.2, 0.25) is 0 Å². The molecule has 1 unspecified atom stereocenters. The summed E-state index contributed by atoms with van der Waals surface area (Å²) in [6.45, 7) is 1.66. The molecule has 30 heavy (non-hydrogen) atoms. The fraction of sp³-hybridized carbons (Fsp3) is 0.417. The molecule has 1 N–H and O–H groups in total. The smallest absolute Gasteiger partial charge is 0.242 e. The van der Waals surface area contributed by atoms with Crippen LogP contribution in [0.4, 0.5) is 8.78 Å². The first-order valence-corrected chi connectivity index (χ1v) is 10.5. The molecule has 1 atom stereocenters. The first-order valence-electron chi connectivity index (χ1n) is 10.5. The average molecular weight is 414 g/mol. The molecule has 2 aromatic carbocycles. The number of nitrogens with zero attached hydrogens (tertiary/aromatic N) is 1. The number of carbonyl (C=O) groups is 2. The number of carbonyl (C=O) groups excluding carboxylic acids is 2. The predicted octanol–water partition coefficient (Wildman–Crippen LogP) is 4.37. The first-order chi connectivity index (χ1) is 14.4. The molecule has 0 spiro atoms. The summed E-state index contributed by atoms with van der Waals surface area (Å²) < 4.78 is 27.4. The number of hydrogen-bond donors (Lipinski definition) is 1. The summed E-state index contributed by atoms with van der Waals surface area (Å²) in [5.74, 6) is -1.34. The minimum absolute atomic E-state index is 0.00798. The topological polar surface area (TPSA) is 49.4 Å². The normalized spacial score (nSPS) is 15.4. The van der Waals surface area contributed by atoms with Crippen LogP contribution >= 0.6 is 0 Å². The van der Waals surface area contributed by atoms with Gasteiger partial charge < -0.3 is 10.2 Å². The van der Waals surface area contributed by atoms with E-state index in [0.29, 0.717) is 11.1 Å². The number of nitrogens with one attached hydrogen (secondary N) is 1. The third kappa shape index (κ3) is 5.88. The van der Waals surface area contributed by atoms with Gasteiger partial charge in [0.2, 0.25) is 11.8 Å². The van der Waals surface area contributed by atoms with Gasteiger partial charge in [0.05, 0.1) is 6.42 Å². The molecule has 1 fully saturated rings. The lowest BCUT2D eigenvalue weighted by Gasteiger charge is -2.31. The number of amides is 2. The van der Waals surface area contributed by atoms with Gasteiger partial charge in [0.25, 0.3) is 0 Å². The number of benzene rings is 2. The summed E-state index contributed by atoms with van der Waals surface area (Å²) in [4.78, 5) is 27.4. The van der Waals surface area contributed by atoms with Crippen LogP contribution in [0.3, 0.4) is 0 Å². The van der Waals surface area contributed by atoms with E-state index in [1.807, 2.05) is 0 Å². The lowest BCUT2D eigenvalue weighted by molar-refractivity contribution is -0.140. The molecule has 1 aliphatic carbocycles. The van der Waals surface area contributed by atoms with E-state index in [4.69, 9.17) is 0 Å². The zero-order valence-corrected chi connectivity index (χ0v) is 17.2. The SMILES string of the molecule is CC(C(=O)NC1CCCCC1)N(Cc1ccccc1F)C(=O)Cc1ccc(F)cc1. The van der Waals surface area contributed by atoms with E-state index < -0.39 is 11.9 Å². The zero-order chi connectivity index (χ0) is 21.5. The van der Waals surface area contributed by atoms with Crippen molar-refractivity contribution in [2.45, 2.75) is 64.1 Å². The number of hydrogen-bond acceptors (Lipinski definition) is 2. The Labute approximate surface area is 176 Å². The molecular weight excluding hydrogens is 386 g/mol. The molecule has 3 rings (SSSR count). The van der Waals surface area contributed by atoms with Crippen molar-refractivity contribution >= 4 is 11.8 Å². The predicted molar refractivity (Wildman–Crippen MR) is 112 cm³/mol. The van der Waals surface area contributed by atoms with Gasteiger partial charge in [-0.3, -0.25) is 9.59 Å². The van der Waals surface area contributed by atoms with Gasteiger partial charge in [-0.25, -0.2) is 8.78 Å². The van der Waals surface area contributed by atoms with Crippen LogP contribution in [0.5, 0.6) is 0 Å². The maximum absolute atomic E-state index is 14.2. The van der Waals surface area contributed by atoms with Gasteiger partial charge in [0.15, 0.2) is 0 Å². The molecule has 0 aromatic heterocycles. The van der Waals surface area contributed by atoms with Crippen LogP contribution in [0, 0.1) is 11.6 Å². The summed E-state index contributed by atoms with van der Waals surface area (Å²) in [7, 11) is 0. The van der Waals surface area contributed by atoms with Crippen molar-refractivity contribution in [2.24, 2.45) is 0 Å². The van der Waals surface area contributed by atoms with Crippen LogP contribution in [0.1, 0.15) is 50.2 Å². The Morgan fingerprint density at radius 2 is 1.70 bits per heavy atom. The molecule has 2 amide bonds. The van der Waals surface area contributed by atoms with Crippen LogP contribution in [0.15, 0.2) is 48.5 Å². The van der Waals surface area contributed by atoms with Gasteiger partial charge in [-0.15, -0.1) is 0 Å². The third-order valence-corrected chi connectivity index (χ3v) is 5.69. The largest absolute Gasteiger partial charge is 0.352 e. The highest BCUT2D eigenvalue weighted by Crippen LogP contribution is 2.19. The van der Waals surface area contributed by atoms with E-state index in [0.717, 1.165) is 25.7 Å². The maximum atomic E-state index is 14.2. The lowest BCUT2D eigenvalue weighted by atomic mass is 9.95. The first kappa shape index (κ1) is 21.9. The van der Waals surface area contributed by atoms with E-state index in [-0.39, 0.29) is 36.6 Å².